The van der Waals surface area contributed by atoms with Crippen LogP contribution >= 0.6 is 11.3 Å². The van der Waals surface area contributed by atoms with Gasteiger partial charge in [-0.2, -0.15) is 9.97 Å². The zero-order valence-electron chi connectivity index (χ0n) is 30.2. The Morgan fingerprint density at radius 1 is 0.304 bits per heavy atom. The topological polar surface area (TPSA) is 43.6 Å². The predicted molar refractivity (Wildman–Crippen MR) is 234 cm³/mol. The molecule has 0 radical (unpaired) electrons. The first-order valence-electron chi connectivity index (χ1n) is 18.8. The van der Waals surface area contributed by atoms with Crippen LogP contribution < -0.4 is 0 Å². The number of para-hydroxylation sites is 1. The van der Waals surface area contributed by atoms with E-state index in [2.05, 4.69) is 187 Å². The Balaban J connectivity index is 1.07. The van der Waals surface area contributed by atoms with Crippen LogP contribution in [0.4, 0.5) is 0 Å². The Morgan fingerprint density at radius 2 is 0.750 bits per heavy atom. The Morgan fingerprint density at radius 3 is 1.39 bits per heavy atom. The SMILES string of the molecule is c1ccc(-c2ccc(-c3nc(-c4ccc(-c5ccccc5)cc4)nc(-n4c5ccccc5c5cc(-c6ccc7sc8ccccc8c7c6)ccc54)n3)cc2)cc1. The number of aromatic nitrogens is 4. The molecule has 0 unspecified atom stereocenters. The third kappa shape index (κ3) is 5.56. The van der Waals surface area contributed by atoms with Crippen LogP contribution in [-0.2, 0) is 0 Å². The molecule has 0 saturated carbocycles. The van der Waals surface area contributed by atoms with Crippen molar-refractivity contribution < 1.29 is 0 Å². The molecule has 0 N–H and O–H groups in total. The summed E-state index contributed by atoms with van der Waals surface area (Å²) in [5, 5.41) is 4.90. The van der Waals surface area contributed by atoms with Gasteiger partial charge < -0.3 is 0 Å². The molecule has 0 bridgehead atoms. The van der Waals surface area contributed by atoms with E-state index < -0.39 is 0 Å². The van der Waals surface area contributed by atoms with Crippen molar-refractivity contribution in [3.63, 3.8) is 0 Å². The van der Waals surface area contributed by atoms with Gasteiger partial charge in [-0.05, 0) is 69.8 Å². The molecule has 11 rings (SSSR count). The number of benzene rings is 8. The van der Waals surface area contributed by atoms with E-state index in [1.807, 2.05) is 23.5 Å². The second kappa shape index (κ2) is 13.3. The van der Waals surface area contributed by atoms with Crippen LogP contribution in [0.3, 0.4) is 0 Å². The van der Waals surface area contributed by atoms with Crippen LogP contribution in [0.5, 0.6) is 0 Å². The normalized spacial score (nSPS) is 11.6. The second-order valence-electron chi connectivity index (χ2n) is 14.1. The van der Waals surface area contributed by atoms with Crippen molar-refractivity contribution in [3.8, 4) is 62.1 Å². The zero-order chi connectivity index (χ0) is 37.0. The lowest BCUT2D eigenvalue weighted by molar-refractivity contribution is 0.953. The molecule has 0 amide bonds. The van der Waals surface area contributed by atoms with Crippen LogP contribution in [-0.4, -0.2) is 19.5 Å². The summed E-state index contributed by atoms with van der Waals surface area (Å²) in [7, 11) is 0. The summed E-state index contributed by atoms with van der Waals surface area (Å²) in [4.78, 5) is 15.5. The average molecular weight is 733 g/mol. The van der Waals surface area contributed by atoms with Gasteiger partial charge in [-0.25, -0.2) is 4.98 Å². The summed E-state index contributed by atoms with van der Waals surface area (Å²) in [5.74, 6) is 1.82. The first-order chi connectivity index (χ1) is 27.7. The molecule has 4 nitrogen and oxygen atoms in total. The van der Waals surface area contributed by atoms with E-state index >= 15 is 0 Å². The van der Waals surface area contributed by atoms with Gasteiger partial charge in [0.2, 0.25) is 5.95 Å². The molecule has 0 spiro atoms. The molecule has 3 heterocycles. The molecule has 0 aliphatic carbocycles. The first kappa shape index (κ1) is 32.2. The highest BCUT2D eigenvalue weighted by Gasteiger charge is 2.19. The number of hydrogen-bond acceptors (Lipinski definition) is 4. The fourth-order valence-corrected chi connectivity index (χ4v) is 8.97. The smallest absolute Gasteiger partial charge is 0.238 e. The third-order valence-electron chi connectivity index (χ3n) is 10.7. The maximum absolute atomic E-state index is 5.22. The Labute approximate surface area is 327 Å². The zero-order valence-corrected chi connectivity index (χ0v) is 31.0. The standard InChI is InChI=1S/C51H32N4S/c1-3-11-33(12-4-1)35-19-23-37(24-20-35)49-52-50(38-25-21-36(22-26-38)34-13-5-2-6-14-34)54-51(53-49)55-45-17-9-7-15-41(45)43-31-39(27-29-46(43)55)40-28-30-48-44(32-40)42-16-8-10-18-47(42)56-48/h1-32H. The molecule has 0 aliphatic heterocycles. The van der Waals surface area contributed by atoms with Gasteiger partial charge in [-0.3, -0.25) is 4.57 Å². The molecular formula is C51H32N4S. The molecule has 3 aromatic heterocycles. The van der Waals surface area contributed by atoms with Crippen molar-refractivity contribution in [1.29, 1.82) is 0 Å². The summed E-state index contributed by atoms with van der Waals surface area (Å²) >= 11 is 1.85. The maximum atomic E-state index is 5.22. The highest BCUT2D eigenvalue weighted by atomic mass is 32.1. The Hall–Kier alpha value is -7.21. The van der Waals surface area contributed by atoms with Gasteiger partial charge in [-0.1, -0.05) is 158 Å². The largest absolute Gasteiger partial charge is 0.278 e. The van der Waals surface area contributed by atoms with Crippen LogP contribution in [0.2, 0.25) is 0 Å². The molecule has 262 valence electrons. The van der Waals surface area contributed by atoms with E-state index in [0.717, 1.165) is 44.1 Å². The summed E-state index contributed by atoms with van der Waals surface area (Å²) < 4.78 is 4.81. The maximum Gasteiger partial charge on any atom is 0.238 e. The lowest BCUT2D eigenvalue weighted by Gasteiger charge is -2.12. The van der Waals surface area contributed by atoms with E-state index in [1.165, 1.54) is 42.4 Å². The number of fused-ring (bicyclic) bond motifs is 6. The number of thiophene rings is 1. The van der Waals surface area contributed by atoms with Gasteiger partial charge >= 0.3 is 0 Å². The van der Waals surface area contributed by atoms with Crippen LogP contribution in [0, 0.1) is 0 Å². The molecule has 0 fully saturated rings. The second-order valence-corrected chi connectivity index (χ2v) is 15.1. The highest BCUT2D eigenvalue weighted by molar-refractivity contribution is 7.25. The Kier molecular flexibility index (Phi) is 7.64. The molecule has 8 aromatic carbocycles. The molecular weight excluding hydrogens is 701 g/mol. The van der Waals surface area contributed by atoms with E-state index in [4.69, 9.17) is 15.0 Å². The monoisotopic (exact) mass is 732 g/mol. The van der Waals surface area contributed by atoms with Crippen molar-refractivity contribution in [2.75, 3.05) is 0 Å². The molecule has 0 aliphatic rings. The van der Waals surface area contributed by atoms with Crippen LogP contribution in [0.1, 0.15) is 0 Å². The minimum atomic E-state index is 0.578. The fourth-order valence-electron chi connectivity index (χ4n) is 7.88. The van der Waals surface area contributed by atoms with Crippen LogP contribution in [0.25, 0.3) is 104 Å². The Bertz CT molecular complexity index is 3120. The lowest BCUT2D eigenvalue weighted by atomic mass is 10.0. The van der Waals surface area contributed by atoms with Crippen molar-refractivity contribution in [1.82, 2.24) is 19.5 Å². The summed E-state index contributed by atoms with van der Waals surface area (Å²) in [6.45, 7) is 0. The molecule has 0 saturated heterocycles. The van der Waals surface area contributed by atoms with E-state index in [0.29, 0.717) is 17.6 Å². The van der Waals surface area contributed by atoms with Gasteiger partial charge in [0.15, 0.2) is 11.6 Å². The van der Waals surface area contributed by atoms with Gasteiger partial charge in [0, 0.05) is 42.1 Å². The minimum Gasteiger partial charge on any atom is -0.278 e. The van der Waals surface area contributed by atoms with Crippen molar-refractivity contribution in [3.05, 3.63) is 194 Å². The first-order valence-corrected chi connectivity index (χ1v) is 19.6. The molecule has 11 aromatic rings. The number of nitrogens with zero attached hydrogens (tertiary/aromatic N) is 4. The minimum absolute atomic E-state index is 0.578. The van der Waals surface area contributed by atoms with Gasteiger partial charge in [-0.15, -0.1) is 11.3 Å². The van der Waals surface area contributed by atoms with Crippen molar-refractivity contribution >= 4 is 53.3 Å². The molecule has 0 atom stereocenters. The van der Waals surface area contributed by atoms with Crippen molar-refractivity contribution in [2.45, 2.75) is 0 Å². The van der Waals surface area contributed by atoms with Crippen LogP contribution in [0.15, 0.2) is 194 Å². The van der Waals surface area contributed by atoms with Gasteiger partial charge in [0.25, 0.3) is 0 Å². The fraction of sp³-hybridized carbons (Fsp3) is 0. The van der Waals surface area contributed by atoms with E-state index in [-0.39, 0.29) is 0 Å². The summed E-state index contributed by atoms with van der Waals surface area (Å²) in [6, 6.07) is 68.7. The number of rotatable bonds is 6. The lowest BCUT2D eigenvalue weighted by Crippen LogP contribution is -2.06. The quantitative estimate of drug-likeness (QED) is 0.171. The number of hydrogen-bond donors (Lipinski definition) is 0. The summed E-state index contributed by atoms with van der Waals surface area (Å²) in [6.07, 6.45) is 0. The molecule has 56 heavy (non-hydrogen) atoms. The van der Waals surface area contributed by atoms with Gasteiger partial charge in [0.1, 0.15) is 0 Å². The van der Waals surface area contributed by atoms with E-state index in [9.17, 15) is 0 Å². The highest BCUT2D eigenvalue weighted by Crippen LogP contribution is 2.39. The van der Waals surface area contributed by atoms with E-state index in [1.54, 1.807) is 0 Å². The third-order valence-corrected chi connectivity index (χ3v) is 11.9. The van der Waals surface area contributed by atoms with Crippen molar-refractivity contribution in [2.24, 2.45) is 0 Å². The average Bonchev–Trinajstić information content (AvgIpc) is 3.82. The predicted octanol–water partition coefficient (Wildman–Crippen LogP) is 13.7. The van der Waals surface area contributed by atoms with Gasteiger partial charge in [0.05, 0.1) is 11.0 Å². The summed E-state index contributed by atoms with van der Waals surface area (Å²) in [5.41, 5.74) is 10.9. The molecule has 5 heteroatoms.